The van der Waals surface area contributed by atoms with Gasteiger partial charge < -0.3 is 15.7 Å². The molecule has 1 aliphatic carbocycles. The van der Waals surface area contributed by atoms with Crippen LogP contribution >= 0.6 is 11.6 Å². The lowest BCUT2D eigenvalue weighted by Gasteiger charge is -2.40. The highest BCUT2D eigenvalue weighted by atomic mass is 35.5. The van der Waals surface area contributed by atoms with E-state index in [1.54, 1.807) is 6.07 Å². The Morgan fingerprint density at radius 2 is 1.69 bits per heavy atom. The molecule has 2 aromatic heterocycles. The van der Waals surface area contributed by atoms with Gasteiger partial charge in [0, 0.05) is 18.7 Å². The van der Waals surface area contributed by atoms with Gasteiger partial charge in [-0.1, -0.05) is 35.9 Å². The predicted molar refractivity (Wildman–Crippen MR) is 128 cm³/mol. The van der Waals surface area contributed by atoms with E-state index < -0.39 is 0 Å². The Morgan fingerprint density at radius 1 is 1.03 bits per heavy atom. The fourth-order valence-corrected chi connectivity index (χ4v) is 5.52. The molecular formula is C25H28ClN5O. The van der Waals surface area contributed by atoms with Gasteiger partial charge in [0.15, 0.2) is 5.82 Å². The number of halogens is 1. The summed E-state index contributed by atoms with van der Waals surface area (Å²) in [6.45, 7) is 5.39. The van der Waals surface area contributed by atoms with Crippen LogP contribution in [0.25, 0.3) is 11.3 Å². The number of benzene rings is 1. The Hall–Kier alpha value is -2.70. The lowest BCUT2D eigenvalue weighted by molar-refractivity contribution is 0.231. The van der Waals surface area contributed by atoms with Crippen LogP contribution in [0.15, 0.2) is 30.3 Å². The summed E-state index contributed by atoms with van der Waals surface area (Å²) in [6.07, 6.45) is 4.55. The zero-order chi connectivity index (χ0) is 22.5. The van der Waals surface area contributed by atoms with Crippen LogP contribution in [-0.4, -0.2) is 33.1 Å². The molecule has 0 bridgehead atoms. The highest BCUT2D eigenvalue weighted by Crippen LogP contribution is 2.45. The molecule has 32 heavy (non-hydrogen) atoms. The highest BCUT2D eigenvalue weighted by molar-refractivity contribution is 6.34. The molecule has 3 aromatic rings. The monoisotopic (exact) mass is 449 g/mol. The van der Waals surface area contributed by atoms with Gasteiger partial charge in [-0.05, 0) is 62.1 Å². The summed E-state index contributed by atoms with van der Waals surface area (Å²) >= 11 is 6.50. The zero-order valence-electron chi connectivity index (χ0n) is 18.5. The van der Waals surface area contributed by atoms with E-state index in [4.69, 9.17) is 27.3 Å². The fraction of sp³-hybridized carbons (Fsp3) is 0.400. The van der Waals surface area contributed by atoms with Gasteiger partial charge in [0.25, 0.3) is 0 Å². The number of fused-ring (bicyclic) bond motifs is 1. The number of piperidine rings is 1. The summed E-state index contributed by atoms with van der Waals surface area (Å²) in [6, 6.07) is 10.5. The molecule has 5 rings (SSSR count). The van der Waals surface area contributed by atoms with Gasteiger partial charge in [-0.2, -0.15) is 0 Å². The largest absolute Gasteiger partial charge is 0.390 e. The molecule has 3 N–H and O–H groups in total. The summed E-state index contributed by atoms with van der Waals surface area (Å²) in [5, 5.41) is 10.6. The lowest BCUT2D eigenvalue weighted by atomic mass is 9.76. The fourth-order valence-electron chi connectivity index (χ4n) is 5.33. The summed E-state index contributed by atoms with van der Waals surface area (Å²) in [4.78, 5) is 16.1. The van der Waals surface area contributed by atoms with Crippen molar-refractivity contribution in [1.82, 2.24) is 15.0 Å². The van der Waals surface area contributed by atoms with Crippen LogP contribution in [0, 0.1) is 19.3 Å². The van der Waals surface area contributed by atoms with Crippen molar-refractivity contribution in [2.24, 2.45) is 5.41 Å². The summed E-state index contributed by atoms with van der Waals surface area (Å²) in [5.74, 6) is 1.16. The second-order valence-electron chi connectivity index (χ2n) is 9.19. The van der Waals surface area contributed by atoms with E-state index >= 15 is 0 Å². The maximum absolute atomic E-state index is 10.1. The topological polar surface area (TPSA) is 88.2 Å². The van der Waals surface area contributed by atoms with E-state index in [9.17, 15) is 5.11 Å². The Bertz CT molecular complexity index is 1160. The first-order valence-electron chi connectivity index (χ1n) is 11.1. The smallest absolute Gasteiger partial charge is 0.153 e. The Kier molecular flexibility index (Phi) is 5.30. The third kappa shape index (κ3) is 3.61. The molecule has 0 radical (unpaired) electrons. The number of nitrogens with two attached hydrogens (primary N) is 1. The first-order chi connectivity index (χ1) is 15.4. The number of aliphatic hydroxyl groups excluding tert-OH is 1. The lowest BCUT2D eigenvalue weighted by Crippen LogP contribution is -2.41. The molecule has 6 nitrogen and oxygen atoms in total. The molecule has 166 valence electrons. The molecule has 1 aliphatic heterocycles. The van der Waals surface area contributed by atoms with Crippen LogP contribution in [0.5, 0.6) is 0 Å². The van der Waals surface area contributed by atoms with Crippen LogP contribution in [0.4, 0.5) is 11.6 Å². The number of nitrogens with zero attached hydrogens (tertiary/aromatic N) is 4. The van der Waals surface area contributed by atoms with Crippen molar-refractivity contribution in [3.63, 3.8) is 0 Å². The van der Waals surface area contributed by atoms with E-state index in [2.05, 4.69) is 34.1 Å². The molecule has 0 amide bonds. The van der Waals surface area contributed by atoms with Crippen LogP contribution in [0.1, 0.15) is 41.1 Å². The first-order valence-corrected chi connectivity index (χ1v) is 11.5. The molecule has 0 atom stereocenters. The Morgan fingerprint density at radius 3 is 2.31 bits per heavy atom. The molecule has 7 heteroatoms. The molecule has 1 aromatic carbocycles. The SMILES string of the molecule is Cc1nc(N2CCC3(CC2)Cc2ccccc2C3)c(CO)nc1-c1cc(N)nc(C)c1Cl. The number of anilines is 2. The molecule has 3 heterocycles. The average Bonchev–Trinajstić information content (AvgIpc) is 3.14. The third-order valence-corrected chi connectivity index (χ3v) is 7.52. The molecule has 1 fully saturated rings. The minimum absolute atomic E-state index is 0.181. The number of hydrogen-bond donors (Lipinski definition) is 2. The molecule has 0 unspecified atom stereocenters. The summed E-state index contributed by atoms with van der Waals surface area (Å²) < 4.78 is 0. The molecule has 1 saturated heterocycles. The van der Waals surface area contributed by atoms with E-state index in [1.165, 1.54) is 11.1 Å². The first kappa shape index (κ1) is 21.2. The third-order valence-electron chi connectivity index (χ3n) is 7.04. The van der Waals surface area contributed by atoms with Crippen LogP contribution in [0.2, 0.25) is 5.02 Å². The van der Waals surface area contributed by atoms with E-state index in [1.807, 2.05) is 13.8 Å². The second kappa shape index (κ2) is 8.01. The minimum Gasteiger partial charge on any atom is -0.390 e. The van der Waals surface area contributed by atoms with Gasteiger partial charge in [-0.15, -0.1) is 0 Å². The van der Waals surface area contributed by atoms with Gasteiger partial charge in [0.1, 0.15) is 11.5 Å². The standard InChI is InChI=1S/C25H28ClN5O/c1-15-22(26)19(11-21(27)28-15)23-16(2)29-24(20(14-32)30-23)31-9-7-25(8-10-31)12-17-5-3-4-6-18(17)13-25/h3-6,11,32H,7-10,12-14H2,1-2H3,(H2,27,28). The molecule has 2 aliphatic rings. The minimum atomic E-state index is -0.181. The quantitative estimate of drug-likeness (QED) is 0.620. The van der Waals surface area contributed by atoms with Crippen LogP contribution in [0.3, 0.4) is 0 Å². The summed E-state index contributed by atoms with van der Waals surface area (Å²) in [7, 11) is 0. The number of nitrogen functional groups attached to an aromatic ring is 1. The second-order valence-corrected chi connectivity index (χ2v) is 9.57. The van der Waals surface area contributed by atoms with Crippen molar-refractivity contribution in [2.45, 2.75) is 46.1 Å². The van der Waals surface area contributed by atoms with Crippen molar-refractivity contribution in [3.05, 3.63) is 63.6 Å². The van der Waals surface area contributed by atoms with E-state index in [-0.39, 0.29) is 6.61 Å². The highest BCUT2D eigenvalue weighted by Gasteiger charge is 2.40. The van der Waals surface area contributed by atoms with Crippen molar-refractivity contribution in [1.29, 1.82) is 0 Å². The normalized spacial score (nSPS) is 17.1. The van der Waals surface area contributed by atoms with E-state index in [0.717, 1.165) is 50.3 Å². The van der Waals surface area contributed by atoms with Gasteiger partial charge in [0.2, 0.25) is 0 Å². The predicted octanol–water partition coefficient (Wildman–Crippen LogP) is 4.27. The van der Waals surface area contributed by atoms with Gasteiger partial charge in [-0.3, -0.25) is 0 Å². The number of pyridine rings is 1. The molecule has 1 spiro atoms. The molecule has 0 saturated carbocycles. The zero-order valence-corrected chi connectivity index (χ0v) is 19.3. The van der Waals surface area contributed by atoms with Crippen molar-refractivity contribution < 1.29 is 5.11 Å². The van der Waals surface area contributed by atoms with Crippen LogP contribution < -0.4 is 10.6 Å². The number of rotatable bonds is 3. The Balaban J connectivity index is 1.42. The van der Waals surface area contributed by atoms with Crippen LogP contribution in [-0.2, 0) is 19.4 Å². The number of hydrogen-bond acceptors (Lipinski definition) is 6. The van der Waals surface area contributed by atoms with Gasteiger partial charge in [0.05, 0.1) is 28.7 Å². The summed E-state index contributed by atoms with van der Waals surface area (Å²) in [5.41, 5.74) is 12.6. The number of aryl methyl sites for hydroxylation is 2. The van der Waals surface area contributed by atoms with Crippen molar-refractivity contribution in [3.8, 4) is 11.3 Å². The average molecular weight is 450 g/mol. The van der Waals surface area contributed by atoms with Gasteiger partial charge in [-0.25, -0.2) is 15.0 Å². The number of aromatic nitrogens is 3. The maximum Gasteiger partial charge on any atom is 0.153 e. The van der Waals surface area contributed by atoms with Gasteiger partial charge >= 0.3 is 0 Å². The Labute approximate surface area is 193 Å². The molecular weight excluding hydrogens is 422 g/mol. The van der Waals surface area contributed by atoms with Crippen molar-refractivity contribution >= 4 is 23.2 Å². The van der Waals surface area contributed by atoms with E-state index in [0.29, 0.717) is 38.9 Å². The van der Waals surface area contributed by atoms with Crippen molar-refractivity contribution in [2.75, 3.05) is 23.7 Å². The maximum atomic E-state index is 10.1. The number of aliphatic hydroxyl groups is 1.